The van der Waals surface area contributed by atoms with E-state index in [-0.39, 0.29) is 14.9 Å². The maximum Gasteiger partial charge on any atom is 0.0208 e. The molecular weight excluding hydrogens is 424 g/mol. The lowest BCUT2D eigenvalue weighted by atomic mass is 9.82. The molecule has 3 aromatic rings. The van der Waals surface area contributed by atoms with Crippen LogP contribution in [0.5, 0.6) is 0 Å². The van der Waals surface area contributed by atoms with Gasteiger partial charge < -0.3 is 11.1 Å². The van der Waals surface area contributed by atoms with Gasteiger partial charge in [-0.1, -0.05) is 106 Å². The van der Waals surface area contributed by atoms with E-state index < -0.39 is 0 Å². The molecule has 3 N–H and O–H groups in total. The van der Waals surface area contributed by atoms with Gasteiger partial charge in [0.2, 0.25) is 0 Å². The van der Waals surface area contributed by atoms with Crippen LogP contribution >= 0.6 is 0 Å². The molecule has 2 aliphatic rings. The highest BCUT2D eigenvalue weighted by molar-refractivity contribution is 5.21. The van der Waals surface area contributed by atoms with Gasteiger partial charge in [-0.15, -0.1) is 0 Å². The SMILES string of the molecule is C.C.NC1CCC(c2ccccc2)CC1.c1ccc(CNC2CCC(c3ccccc3)CC2)cc1. The van der Waals surface area contributed by atoms with E-state index in [0.29, 0.717) is 12.1 Å². The van der Waals surface area contributed by atoms with Crippen LogP contribution < -0.4 is 11.1 Å². The van der Waals surface area contributed by atoms with E-state index >= 15 is 0 Å². The molecule has 2 heteroatoms. The van der Waals surface area contributed by atoms with Crippen molar-refractivity contribution in [2.75, 3.05) is 0 Å². The van der Waals surface area contributed by atoms with Gasteiger partial charge in [0.15, 0.2) is 0 Å². The quantitative estimate of drug-likeness (QED) is 0.391. The summed E-state index contributed by atoms with van der Waals surface area (Å²) in [6.07, 6.45) is 10.2. The Morgan fingerprint density at radius 1 is 0.543 bits per heavy atom. The van der Waals surface area contributed by atoms with Crippen LogP contribution in [0.3, 0.4) is 0 Å². The van der Waals surface area contributed by atoms with Gasteiger partial charge in [0, 0.05) is 18.6 Å². The maximum atomic E-state index is 5.88. The highest BCUT2D eigenvalue weighted by atomic mass is 14.9. The summed E-state index contributed by atoms with van der Waals surface area (Å²) in [7, 11) is 0. The first-order valence-electron chi connectivity index (χ1n) is 12.9. The summed E-state index contributed by atoms with van der Waals surface area (Å²) in [4.78, 5) is 0. The van der Waals surface area contributed by atoms with Crippen molar-refractivity contribution < 1.29 is 0 Å². The zero-order valence-electron chi connectivity index (χ0n) is 19.9. The Bertz CT molecular complexity index is 894. The molecule has 0 radical (unpaired) electrons. The molecule has 0 aliphatic heterocycles. The minimum atomic E-state index is 0. The number of hydrogen-bond acceptors (Lipinski definition) is 2. The second-order valence-corrected chi connectivity index (χ2v) is 9.85. The Hall–Kier alpha value is -2.42. The minimum absolute atomic E-state index is 0. The zero-order valence-corrected chi connectivity index (χ0v) is 19.9. The molecule has 0 atom stereocenters. The second-order valence-electron chi connectivity index (χ2n) is 9.85. The van der Waals surface area contributed by atoms with E-state index in [0.717, 1.165) is 18.4 Å². The van der Waals surface area contributed by atoms with E-state index in [9.17, 15) is 0 Å². The van der Waals surface area contributed by atoms with Crippen LogP contribution in [0.2, 0.25) is 0 Å². The highest BCUT2D eigenvalue weighted by Gasteiger charge is 2.22. The summed E-state index contributed by atoms with van der Waals surface area (Å²) in [6, 6.07) is 33.7. The van der Waals surface area contributed by atoms with Crippen LogP contribution in [0.4, 0.5) is 0 Å². The van der Waals surface area contributed by atoms with Crippen LogP contribution in [0.1, 0.15) is 94.7 Å². The molecule has 2 aliphatic carbocycles. The third-order valence-corrected chi connectivity index (χ3v) is 7.48. The smallest absolute Gasteiger partial charge is 0.0208 e. The Morgan fingerprint density at radius 3 is 1.40 bits per heavy atom. The first-order chi connectivity index (χ1) is 16.3. The maximum absolute atomic E-state index is 5.88. The summed E-state index contributed by atoms with van der Waals surface area (Å²) < 4.78 is 0. The summed E-state index contributed by atoms with van der Waals surface area (Å²) in [5.74, 6) is 1.53. The Kier molecular flexibility index (Phi) is 12.8. The number of benzene rings is 3. The molecule has 0 bridgehead atoms. The van der Waals surface area contributed by atoms with Crippen LogP contribution in [-0.4, -0.2) is 12.1 Å². The van der Waals surface area contributed by atoms with Crippen LogP contribution in [0.15, 0.2) is 91.0 Å². The molecule has 0 heterocycles. The lowest BCUT2D eigenvalue weighted by Crippen LogP contribution is -2.32. The van der Waals surface area contributed by atoms with Crippen LogP contribution in [-0.2, 0) is 6.54 Å². The average Bonchev–Trinajstić information content (AvgIpc) is 2.90. The van der Waals surface area contributed by atoms with Crippen molar-refractivity contribution in [3.05, 3.63) is 108 Å². The van der Waals surface area contributed by atoms with Crippen molar-refractivity contribution in [1.29, 1.82) is 0 Å². The largest absolute Gasteiger partial charge is 0.328 e. The molecule has 35 heavy (non-hydrogen) atoms. The zero-order chi connectivity index (χ0) is 22.7. The molecule has 2 nitrogen and oxygen atoms in total. The third kappa shape index (κ3) is 9.28. The van der Waals surface area contributed by atoms with Crippen LogP contribution in [0.25, 0.3) is 0 Å². The van der Waals surface area contributed by atoms with Crippen molar-refractivity contribution >= 4 is 0 Å². The van der Waals surface area contributed by atoms with Crippen molar-refractivity contribution in [2.45, 2.75) is 96.7 Å². The number of nitrogens with one attached hydrogen (secondary N) is 1. The average molecular weight is 473 g/mol. The lowest BCUT2D eigenvalue weighted by Gasteiger charge is -2.29. The van der Waals surface area contributed by atoms with Crippen molar-refractivity contribution in [3.8, 4) is 0 Å². The van der Waals surface area contributed by atoms with Gasteiger partial charge in [0.05, 0.1) is 0 Å². The number of hydrogen-bond donors (Lipinski definition) is 2. The van der Waals surface area contributed by atoms with Crippen molar-refractivity contribution in [1.82, 2.24) is 5.32 Å². The standard InChI is InChI=1S/C19H23N.C12H17N.2CH4/c1-3-7-16(8-4-1)15-20-19-13-11-18(12-14-19)17-9-5-2-6-10-17;13-12-8-6-11(7-9-12)10-4-2-1-3-5-10;;/h1-10,18-20H,11-15H2;1-5,11-12H,6-9,13H2;2*1H4. The molecule has 0 spiro atoms. The molecular formula is C33H48N2. The summed E-state index contributed by atoms with van der Waals surface area (Å²) >= 11 is 0. The van der Waals surface area contributed by atoms with E-state index in [1.165, 1.54) is 68.1 Å². The minimum Gasteiger partial charge on any atom is -0.328 e. The van der Waals surface area contributed by atoms with Crippen molar-refractivity contribution in [2.24, 2.45) is 5.73 Å². The summed E-state index contributed by atoms with van der Waals surface area (Å²) in [5.41, 5.74) is 10.3. The molecule has 0 saturated heterocycles. The van der Waals surface area contributed by atoms with Gasteiger partial charge in [-0.3, -0.25) is 0 Å². The summed E-state index contributed by atoms with van der Waals surface area (Å²) in [6.45, 7) is 1.00. The predicted octanol–water partition coefficient (Wildman–Crippen LogP) is 8.45. The van der Waals surface area contributed by atoms with Crippen LogP contribution in [0, 0.1) is 0 Å². The Balaban J connectivity index is 0.000000252. The molecule has 5 rings (SSSR count). The van der Waals surface area contributed by atoms with Gasteiger partial charge in [0.1, 0.15) is 0 Å². The molecule has 2 saturated carbocycles. The molecule has 0 amide bonds. The molecule has 0 aromatic heterocycles. The second kappa shape index (κ2) is 15.5. The fourth-order valence-electron chi connectivity index (χ4n) is 5.39. The number of nitrogens with two attached hydrogens (primary N) is 1. The van der Waals surface area contributed by atoms with E-state index in [2.05, 4.69) is 96.3 Å². The fourth-order valence-corrected chi connectivity index (χ4v) is 5.39. The van der Waals surface area contributed by atoms with E-state index in [4.69, 9.17) is 5.73 Å². The van der Waals surface area contributed by atoms with Crippen molar-refractivity contribution in [3.63, 3.8) is 0 Å². The molecule has 0 unspecified atom stereocenters. The third-order valence-electron chi connectivity index (χ3n) is 7.48. The topological polar surface area (TPSA) is 38.0 Å². The predicted molar refractivity (Wildman–Crippen MR) is 154 cm³/mol. The highest BCUT2D eigenvalue weighted by Crippen LogP contribution is 2.33. The van der Waals surface area contributed by atoms with Gasteiger partial charge in [-0.05, 0) is 79.9 Å². The summed E-state index contributed by atoms with van der Waals surface area (Å²) in [5, 5.41) is 3.71. The Morgan fingerprint density at radius 2 is 0.943 bits per heavy atom. The fraction of sp³-hybridized carbons (Fsp3) is 0.455. The van der Waals surface area contributed by atoms with E-state index in [1.807, 2.05) is 0 Å². The molecule has 190 valence electrons. The lowest BCUT2D eigenvalue weighted by molar-refractivity contribution is 0.341. The van der Waals surface area contributed by atoms with Gasteiger partial charge in [-0.2, -0.15) is 0 Å². The Labute approximate surface area is 215 Å². The first-order valence-corrected chi connectivity index (χ1v) is 12.9. The first kappa shape index (κ1) is 28.8. The molecule has 3 aromatic carbocycles. The monoisotopic (exact) mass is 472 g/mol. The van der Waals surface area contributed by atoms with E-state index in [1.54, 1.807) is 0 Å². The normalized spacial score (nSPS) is 23.6. The van der Waals surface area contributed by atoms with Gasteiger partial charge >= 0.3 is 0 Å². The number of rotatable bonds is 5. The van der Waals surface area contributed by atoms with Gasteiger partial charge in [0.25, 0.3) is 0 Å². The molecule has 2 fully saturated rings. The van der Waals surface area contributed by atoms with Gasteiger partial charge in [-0.25, -0.2) is 0 Å².